The predicted molar refractivity (Wildman–Crippen MR) is 61.6 cm³/mol. The van der Waals surface area contributed by atoms with Crippen molar-refractivity contribution in [1.82, 2.24) is 0 Å². The molecule has 1 rings (SSSR count). The Hall–Kier alpha value is -0.930. The van der Waals surface area contributed by atoms with Crippen LogP contribution in [0.25, 0.3) is 0 Å². The molecule has 0 aromatic heterocycles. The van der Waals surface area contributed by atoms with Gasteiger partial charge in [0.15, 0.2) is 0 Å². The van der Waals surface area contributed by atoms with Crippen molar-refractivity contribution in [1.29, 1.82) is 0 Å². The minimum Gasteiger partial charge on any atom is -0.465 e. The van der Waals surface area contributed by atoms with Gasteiger partial charge in [0.1, 0.15) is 6.54 Å². The van der Waals surface area contributed by atoms with Gasteiger partial charge in [-0.25, -0.2) is 0 Å². The van der Waals surface area contributed by atoms with Crippen LogP contribution < -0.4 is 5.32 Å². The van der Waals surface area contributed by atoms with Crippen LogP contribution in [0.2, 0.25) is 10.0 Å². The van der Waals surface area contributed by atoms with Crippen molar-refractivity contribution < 1.29 is 9.53 Å². The van der Waals surface area contributed by atoms with Crippen molar-refractivity contribution in [2.45, 2.75) is 6.92 Å². The molecule has 0 spiro atoms. The van der Waals surface area contributed by atoms with Crippen LogP contribution in [0.1, 0.15) is 6.92 Å². The average molecular weight is 248 g/mol. The molecule has 0 bridgehead atoms. The van der Waals surface area contributed by atoms with Gasteiger partial charge in [0.25, 0.3) is 0 Å². The predicted octanol–water partition coefficient (Wildman–Crippen LogP) is 2.97. The molecular formula is C10H11Cl2NO2. The molecule has 0 amide bonds. The van der Waals surface area contributed by atoms with Crippen LogP contribution in [0.3, 0.4) is 0 Å². The molecule has 0 saturated heterocycles. The van der Waals surface area contributed by atoms with Crippen molar-refractivity contribution in [3.05, 3.63) is 28.2 Å². The van der Waals surface area contributed by atoms with Crippen molar-refractivity contribution in [3.63, 3.8) is 0 Å². The number of hydrogen-bond acceptors (Lipinski definition) is 3. The summed E-state index contributed by atoms with van der Waals surface area (Å²) in [5.74, 6) is -0.339. The summed E-state index contributed by atoms with van der Waals surface area (Å²) in [4.78, 5) is 11.1. The highest BCUT2D eigenvalue weighted by Gasteiger charge is 2.07. The Bertz CT molecular complexity index is 335. The topological polar surface area (TPSA) is 38.3 Å². The van der Waals surface area contributed by atoms with Gasteiger partial charge in [-0.05, 0) is 19.1 Å². The van der Waals surface area contributed by atoms with E-state index in [4.69, 9.17) is 27.9 Å². The van der Waals surface area contributed by atoms with E-state index in [9.17, 15) is 4.79 Å². The number of hydrogen-bond donors (Lipinski definition) is 1. The average Bonchev–Trinajstić information content (AvgIpc) is 2.17. The van der Waals surface area contributed by atoms with Gasteiger partial charge >= 0.3 is 5.97 Å². The molecule has 1 aromatic rings. The molecule has 5 heteroatoms. The fraction of sp³-hybridized carbons (Fsp3) is 0.300. The molecular weight excluding hydrogens is 237 g/mol. The smallest absolute Gasteiger partial charge is 0.325 e. The third-order valence-corrected chi connectivity index (χ3v) is 2.31. The number of carbonyl (C=O) groups excluding carboxylic acids is 1. The minimum absolute atomic E-state index is 0.0529. The van der Waals surface area contributed by atoms with E-state index in [0.29, 0.717) is 22.3 Å². The molecule has 0 heterocycles. The van der Waals surface area contributed by atoms with Gasteiger partial charge in [-0.15, -0.1) is 0 Å². The van der Waals surface area contributed by atoms with Crippen LogP contribution >= 0.6 is 23.2 Å². The van der Waals surface area contributed by atoms with Gasteiger partial charge < -0.3 is 10.1 Å². The first kappa shape index (κ1) is 12.1. The van der Waals surface area contributed by atoms with Crippen LogP contribution in [-0.2, 0) is 9.53 Å². The molecule has 1 N–H and O–H groups in total. The first-order valence-electron chi connectivity index (χ1n) is 4.48. The van der Waals surface area contributed by atoms with E-state index in [1.165, 1.54) is 0 Å². The van der Waals surface area contributed by atoms with Crippen LogP contribution in [-0.4, -0.2) is 19.1 Å². The van der Waals surface area contributed by atoms with Crippen molar-refractivity contribution >= 4 is 34.9 Å². The zero-order valence-corrected chi connectivity index (χ0v) is 9.73. The number of benzene rings is 1. The number of anilines is 1. The van der Waals surface area contributed by atoms with Gasteiger partial charge in [0.05, 0.1) is 22.3 Å². The Morgan fingerprint density at radius 3 is 2.53 bits per heavy atom. The van der Waals surface area contributed by atoms with E-state index in [-0.39, 0.29) is 12.5 Å². The highest BCUT2D eigenvalue weighted by molar-refractivity contribution is 6.39. The van der Waals surface area contributed by atoms with Gasteiger partial charge in [-0.2, -0.15) is 0 Å². The van der Waals surface area contributed by atoms with Crippen molar-refractivity contribution in [2.75, 3.05) is 18.5 Å². The molecule has 0 fully saturated rings. The number of nitrogens with one attached hydrogen (secondary N) is 1. The molecule has 0 aliphatic rings. The molecule has 0 aliphatic heterocycles. The number of rotatable bonds is 4. The summed E-state index contributed by atoms with van der Waals surface area (Å²) in [5, 5.41) is 3.78. The maximum atomic E-state index is 11.1. The van der Waals surface area contributed by atoms with E-state index >= 15 is 0 Å². The van der Waals surface area contributed by atoms with Crippen LogP contribution in [0.15, 0.2) is 18.2 Å². The highest BCUT2D eigenvalue weighted by Crippen LogP contribution is 2.29. The first-order chi connectivity index (χ1) is 7.15. The molecule has 82 valence electrons. The Balaban J connectivity index is 2.61. The van der Waals surface area contributed by atoms with E-state index < -0.39 is 0 Å². The van der Waals surface area contributed by atoms with Crippen molar-refractivity contribution in [2.24, 2.45) is 0 Å². The first-order valence-corrected chi connectivity index (χ1v) is 5.24. The second-order valence-corrected chi connectivity index (χ2v) is 3.57. The third-order valence-electron chi connectivity index (χ3n) is 1.68. The molecule has 0 radical (unpaired) electrons. The molecule has 0 aliphatic carbocycles. The van der Waals surface area contributed by atoms with E-state index in [0.717, 1.165) is 0 Å². The fourth-order valence-electron chi connectivity index (χ4n) is 1.04. The highest BCUT2D eigenvalue weighted by atomic mass is 35.5. The maximum absolute atomic E-state index is 11.1. The zero-order valence-electron chi connectivity index (χ0n) is 8.22. The largest absolute Gasteiger partial charge is 0.465 e. The number of halogens is 2. The summed E-state index contributed by atoms with van der Waals surface area (Å²) in [6.45, 7) is 2.16. The number of carbonyl (C=O) groups is 1. The zero-order chi connectivity index (χ0) is 11.3. The lowest BCUT2D eigenvalue weighted by molar-refractivity contribution is -0.140. The Labute approximate surface area is 98.3 Å². The quantitative estimate of drug-likeness (QED) is 0.832. The summed E-state index contributed by atoms with van der Waals surface area (Å²) >= 11 is 11.8. The summed E-state index contributed by atoms with van der Waals surface area (Å²) in [6, 6.07) is 5.13. The van der Waals surface area contributed by atoms with Crippen molar-refractivity contribution in [3.8, 4) is 0 Å². The monoisotopic (exact) mass is 247 g/mol. The Morgan fingerprint density at radius 2 is 2.00 bits per heavy atom. The second kappa shape index (κ2) is 5.83. The second-order valence-electron chi connectivity index (χ2n) is 2.76. The molecule has 0 atom stereocenters. The lowest BCUT2D eigenvalue weighted by atomic mass is 10.3. The summed E-state index contributed by atoms with van der Waals surface area (Å²) in [5.41, 5.74) is 0.550. The normalized spacial score (nSPS) is 9.80. The maximum Gasteiger partial charge on any atom is 0.325 e. The molecule has 3 nitrogen and oxygen atoms in total. The van der Waals surface area contributed by atoms with Gasteiger partial charge in [0.2, 0.25) is 0 Å². The summed E-state index contributed by atoms with van der Waals surface area (Å²) in [6.07, 6.45) is 0. The van der Waals surface area contributed by atoms with E-state index in [1.54, 1.807) is 25.1 Å². The van der Waals surface area contributed by atoms with Crippen LogP contribution in [0, 0.1) is 0 Å². The van der Waals surface area contributed by atoms with Gasteiger partial charge in [-0.1, -0.05) is 29.3 Å². The summed E-state index contributed by atoms with van der Waals surface area (Å²) in [7, 11) is 0. The van der Waals surface area contributed by atoms with Gasteiger partial charge in [0, 0.05) is 0 Å². The Kier molecular flexibility index (Phi) is 4.72. The molecule has 0 unspecified atom stereocenters. The van der Waals surface area contributed by atoms with Gasteiger partial charge in [-0.3, -0.25) is 4.79 Å². The fourth-order valence-corrected chi connectivity index (χ4v) is 1.57. The number of ether oxygens (including phenoxy) is 1. The standard InChI is InChI=1S/C10H11Cl2NO2/c1-2-15-9(14)6-13-10-7(11)4-3-5-8(10)12/h3-5,13H,2,6H2,1H3. The minimum atomic E-state index is -0.339. The van der Waals surface area contributed by atoms with Crippen LogP contribution in [0.4, 0.5) is 5.69 Å². The lowest BCUT2D eigenvalue weighted by Gasteiger charge is -2.09. The van der Waals surface area contributed by atoms with E-state index in [1.807, 2.05) is 0 Å². The number of para-hydroxylation sites is 1. The SMILES string of the molecule is CCOC(=O)CNc1c(Cl)cccc1Cl. The number of esters is 1. The molecule has 0 saturated carbocycles. The molecule has 1 aromatic carbocycles. The summed E-state index contributed by atoms with van der Waals surface area (Å²) < 4.78 is 4.76. The molecule has 15 heavy (non-hydrogen) atoms. The third kappa shape index (κ3) is 3.61. The van der Waals surface area contributed by atoms with E-state index in [2.05, 4.69) is 5.32 Å². The van der Waals surface area contributed by atoms with Crippen LogP contribution in [0.5, 0.6) is 0 Å². The Morgan fingerprint density at radius 1 is 1.40 bits per heavy atom. The lowest BCUT2D eigenvalue weighted by Crippen LogP contribution is -2.17.